The molecule has 2 heterocycles. The highest BCUT2D eigenvalue weighted by Gasteiger charge is 2.31. The summed E-state index contributed by atoms with van der Waals surface area (Å²) in [5.74, 6) is 0.303. The van der Waals surface area contributed by atoms with Crippen molar-refractivity contribution < 1.29 is 4.79 Å². The van der Waals surface area contributed by atoms with Crippen LogP contribution in [0, 0.1) is 11.3 Å². The number of rotatable bonds is 2. The second-order valence-electron chi connectivity index (χ2n) is 8.19. The summed E-state index contributed by atoms with van der Waals surface area (Å²) >= 11 is 1.60. The van der Waals surface area contributed by atoms with E-state index in [1.807, 2.05) is 6.07 Å². The van der Waals surface area contributed by atoms with Crippen LogP contribution in [0.25, 0.3) is 4.96 Å². The molecule has 0 saturated carbocycles. The zero-order valence-electron chi connectivity index (χ0n) is 15.8. The van der Waals surface area contributed by atoms with Crippen LogP contribution in [0.1, 0.15) is 48.1 Å². The molecule has 6 heteroatoms. The Morgan fingerprint density at radius 2 is 2.00 bits per heavy atom. The van der Waals surface area contributed by atoms with E-state index in [0.717, 1.165) is 25.0 Å². The van der Waals surface area contributed by atoms with E-state index in [-0.39, 0.29) is 22.6 Å². The first-order valence-corrected chi connectivity index (χ1v) is 10.0. The molecule has 27 heavy (non-hydrogen) atoms. The number of carbonyl (C=O) groups is 1. The summed E-state index contributed by atoms with van der Waals surface area (Å²) in [4.78, 5) is 31.8. The maximum atomic E-state index is 13.0. The van der Waals surface area contributed by atoms with E-state index in [1.54, 1.807) is 40.0 Å². The lowest BCUT2D eigenvalue weighted by molar-refractivity contribution is 0.102. The Bertz CT molecular complexity index is 1060. The molecule has 0 spiro atoms. The Kier molecular flexibility index (Phi) is 4.38. The van der Waals surface area contributed by atoms with Gasteiger partial charge in [0.15, 0.2) is 4.96 Å². The van der Waals surface area contributed by atoms with Gasteiger partial charge in [0.25, 0.3) is 11.5 Å². The number of carbonyl (C=O) groups excluding carboxylic acids is 1. The zero-order valence-corrected chi connectivity index (χ0v) is 16.6. The minimum absolute atomic E-state index is 0.198. The van der Waals surface area contributed by atoms with E-state index in [9.17, 15) is 9.59 Å². The molecule has 1 aromatic carbocycles. The van der Waals surface area contributed by atoms with Crippen molar-refractivity contribution in [3.63, 3.8) is 0 Å². The summed E-state index contributed by atoms with van der Waals surface area (Å²) in [7, 11) is 0. The van der Waals surface area contributed by atoms with E-state index in [4.69, 9.17) is 0 Å². The molecule has 0 fully saturated rings. The predicted molar refractivity (Wildman–Crippen MR) is 109 cm³/mol. The average molecular weight is 382 g/mol. The van der Waals surface area contributed by atoms with E-state index in [1.165, 1.54) is 11.1 Å². The minimum Gasteiger partial charge on any atom is -0.316 e. The van der Waals surface area contributed by atoms with Crippen LogP contribution in [0.5, 0.6) is 0 Å². The molecule has 1 aliphatic carbocycles. The van der Waals surface area contributed by atoms with Crippen LogP contribution in [-0.4, -0.2) is 15.3 Å². The van der Waals surface area contributed by atoms with E-state index in [2.05, 4.69) is 31.1 Å². The van der Waals surface area contributed by atoms with Gasteiger partial charge >= 0.3 is 0 Å². The lowest BCUT2D eigenvalue weighted by Crippen LogP contribution is -2.28. The molecule has 4 rings (SSSR count). The standard InChI is InChI=1S/C21H23N3O2S/c1-21(2,3)14-9-10-16-17(11-14)27-20-22-12-15(19(26)24(16)20)23-18(25)13-7-5-4-6-8-13/h4-8,12,14H,9-11H2,1-3H3,(H,23,25)/t14-/m1/s1. The van der Waals surface area contributed by atoms with Crippen LogP contribution in [0.15, 0.2) is 41.3 Å². The predicted octanol–water partition coefficient (Wildman–Crippen LogP) is 4.16. The highest BCUT2D eigenvalue weighted by Crippen LogP contribution is 2.39. The van der Waals surface area contributed by atoms with Crippen LogP contribution >= 0.6 is 11.3 Å². The van der Waals surface area contributed by atoms with Gasteiger partial charge in [0.2, 0.25) is 0 Å². The largest absolute Gasteiger partial charge is 0.316 e. The molecule has 1 atom stereocenters. The normalized spacial score (nSPS) is 16.9. The van der Waals surface area contributed by atoms with Gasteiger partial charge in [-0.05, 0) is 42.7 Å². The second kappa shape index (κ2) is 6.60. The van der Waals surface area contributed by atoms with Crippen LogP contribution < -0.4 is 10.9 Å². The van der Waals surface area contributed by atoms with Crippen LogP contribution in [-0.2, 0) is 12.8 Å². The van der Waals surface area contributed by atoms with Gasteiger partial charge in [-0.3, -0.25) is 14.0 Å². The average Bonchev–Trinajstić information content (AvgIpc) is 3.02. The lowest BCUT2D eigenvalue weighted by atomic mass is 9.73. The molecule has 0 aliphatic heterocycles. The number of aryl methyl sites for hydroxylation is 1. The molecular weight excluding hydrogens is 358 g/mol. The van der Waals surface area contributed by atoms with E-state index in [0.29, 0.717) is 16.4 Å². The van der Waals surface area contributed by atoms with Crippen LogP contribution in [0.4, 0.5) is 5.69 Å². The molecule has 1 aliphatic rings. The SMILES string of the molecule is CC(C)(C)[C@@H]1CCc2c(sc3ncc(NC(=O)c4ccccc4)c(=O)n23)C1. The van der Waals surface area contributed by atoms with Crippen molar-refractivity contribution in [3.05, 3.63) is 63.0 Å². The summed E-state index contributed by atoms with van der Waals surface area (Å²) < 4.78 is 1.69. The number of nitrogens with one attached hydrogen (secondary N) is 1. The number of amides is 1. The number of thiazole rings is 1. The highest BCUT2D eigenvalue weighted by molar-refractivity contribution is 7.17. The fourth-order valence-corrected chi connectivity index (χ4v) is 4.91. The van der Waals surface area contributed by atoms with E-state index >= 15 is 0 Å². The molecule has 0 saturated heterocycles. The number of fused-ring (bicyclic) bond motifs is 3. The quantitative estimate of drug-likeness (QED) is 0.725. The summed E-state index contributed by atoms with van der Waals surface area (Å²) in [5.41, 5.74) is 1.85. The Morgan fingerprint density at radius 1 is 1.26 bits per heavy atom. The molecule has 3 aromatic rings. The number of benzene rings is 1. The molecular formula is C21H23N3O2S. The topological polar surface area (TPSA) is 63.5 Å². The Morgan fingerprint density at radius 3 is 2.70 bits per heavy atom. The van der Waals surface area contributed by atoms with Gasteiger partial charge in [0, 0.05) is 16.1 Å². The molecule has 0 unspecified atom stereocenters. The molecule has 0 radical (unpaired) electrons. The van der Waals surface area contributed by atoms with Gasteiger partial charge in [0.05, 0.1) is 6.20 Å². The third-order valence-electron chi connectivity index (χ3n) is 5.41. The van der Waals surface area contributed by atoms with Crippen molar-refractivity contribution in [2.75, 3.05) is 5.32 Å². The molecule has 2 aromatic heterocycles. The minimum atomic E-state index is -0.300. The number of nitrogens with zero attached hydrogens (tertiary/aromatic N) is 2. The van der Waals surface area contributed by atoms with Crippen molar-refractivity contribution in [2.45, 2.75) is 40.0 Å². The van der Waals surface area contributed by atoms with Crippen LogP contribution in [0.3, 0.4) is 0 Å². The monoisotopic (exact) mass is 381 g/mol. The number of aromatic nitrogens is 2. The number of hydrogen-bond donors (Lipinski definition) is 1. The van der Waals surface area contributed by atoms with Crippen LogP contribution in [0.2, 0.25) is 0 Å². The van der Waals surface area contributed by atoms with Gasteiger partial charge in [-0.25, -0.2) is 4.98 Å². The molecule has 5 nitrogen and oxygen atoms in total. The smallest absolute Gasteiger partial charge is 0.282 e. The van der Waals surface area contributed by atoms with E-state index < -0.39 is 0 Å². The maximum absolute atomic E-state index is 13.0. The summed E-state index contributed by atoms with van der Waals surface area (Å²) in [6.07, 6.45) is 4.39. The molecule has 0 bridgehead atoms. The summed E-state index contributed by atoms with van der Waals surface area (Å²) in [5, 5.41) is 2.72. The highest BCUT2D eigenvalue weighted by atomic mass is 32.1. The van der Waals surface area contributed by atoms with Gasteiger partial charge < -0.3 is 5.32 Å². The Labute approximate surface area is 162 Å². The fraction of sp³-hybridized carbons (Fsp3) is 0.381. The molecule has 140 valence electrons. The Balaban J connectivity index is 1.69. The van der Waals surface area contributed by atoms with Crippen molar-refractivity contribution in [1.29, 1.82) is 0 Å². The number of hydrogen-bond acceptors (Lipinski definition) is 4. The van der Waals surface area contributed by atoms with Gasteiger partial charge in [-0.15, -0.1) is 11.3 Å². The van der Waals surface area contributed by atoms with Crippen molar-refractivity contribution in [1.82, 2.24) is 9.38 Å². The molecule has 1 amide bonds. The fourth-order valence-electron chi connectivity index (χ4n) is 3.70. The number of anilines is 1. The summed E-state index contributed by atoms with van der Waals surface area (Å²) in [6.45, 7) is 6.83. The summed E-state index contributed by atoms with van der Waals surface area (Å²) in [6, 6.07) is 8.88. The van der Waals surface area contributed by atoms with Crippen molar-refractivity contribution in [3.8, 4) is 0 Å². The van der Waals surface area contributed by atoms with Gasteiger partial charge in [-0.2, -0.15) is 0 Å². The van der Waals surface area contributed by atoms with Crippen molar-refractivity contribution >= 4 is 27.9 Å². The Hall–Kier alpha value is -2.47. The zero-order chi connectivity index (χ0) is 19.2. The first-order chi connectivity index (χ1) is 12.8. The molecule has 1 N–H and O–H groups in total. The second-order valence-corrected chi connectivity index (χ2v) is 9.25. The van der Waals surface area contributed by atoms with Gasteiger partial charge in [-0.1, -0.05) is 39.0 Å². The third-order valence-corrected chi connectivity index (χ3v) is 6.52. The third kappa shape index (κ3) is 3.30. The lowest BCUT2D eigenvalue weighted by Gasteiger charge is -2.33. The van der Waals surface area contributed by atoms with Gasteiger partial charge in [0.1, 0.15) is 5.69 Å². The van der Waals surface area contributed by atoms with Crippen molar-refractivity contribution in [2.24, 2.45) is 11.3 Å². The maximum Gasteiger partial charge on any atom is 0.282 e. The first-order valence-electron chi connectivity index (χ1n) is 9.23. The first kappa shape index (κ1) is 17.9.